The zero-order valence-corrected chi connectivity index (χ0v) is 18.3. The molecule has 1 fully saturated rings. The molecule has 4 rings (SSSR count). The second kappa shape index (κ2) is 9.01. The van der Waals surface area contributed by atoms with E-state index >= 15 is 0 Å². The molecule has 160 valence electrons. The lowest BCUT2D eigenvalue weighted by Gasteiger charge is -2.33. The molecule has 3 aromatic rings. The van der Waals surface area contributed by atoms with Crippen LogP contribution in [0.3, 0.4) is 0 Å². The number of carbonyl (C=O) groups excluding carboxylic acids is 1. The molecule has 0 spiro atoms. The zero-order valence-electron chi connectivity index (χ0n) is 16.7. The summed E-state index contributed by atoms with van der Waals surface area (Å²) in [7, 11) is 2.01. The van der Waals surface area contributed by atoms with Gasteiger partial charge in [0.25, 0.3) is 11.6 Å². The third-order valence-corrected chi connectivity index (χ3v) is 6.28. The Balaban J connectivity index is 1.60. The molecular formula is C21H20ClN5O3S. The Bertz CT molecular complexity index is 1110. The zero-order chi connectivity index (χ0) is 22.0. The predicted molar refractivity (Wildman–Crippen MR) is 123 cm³/mol. The number of aromatic nitrogens is 1. The maximum Gasteiger partial charge on any atom is 0.293 e. The number of nitrogens with one attached hydrogen (secondary N) is 1. The van der Waals surface area contributed by atoms with Gasteiger partial charge in [0.05, 0.1) is 15.5 Å². The third kappa shape index (κ3) is 4.68. The van der Waals surface area contributed by atoms with Crippen molar-refractivity contribution in [3.8, 4) is 10.6 Å². The molecule has 1 aromatic heterocycles. The number of amides is 1. The molecule has 8 nitrogen and oxygen atoms in total. The van der Waals surface area contributed by atoms with Crippen LogP contribution in [0.4, 0.5) is 17.1 Å². The first-order valence-corrected chi connectivity index (χ1v) is 10.9. The minimum Gasteiger partial charge on any atom is -0.363 e. The van der Waals surface area contributed by atoms with Gasteiger partial charge in [-0.2, -0.15) is 0 Å². The van der Waals surface area contributed by atoms with Gasteiger partial charge in [0.2, 0.25) is 0 Å². The average molecular weight is 458 g/mol. The van der Waals surface area contributed by atoms with Crippen molar-refractivity contribution in [1.29, 1.82) is 0 Å². The van der Waals surface area contributed by atoms with Crippen molar-refractivity contribution >= 4 is 45.9 Å². The maximum atomic E-state index is 12.9. The number of nitrogens with zero attached hydrogens (tertiary/aromatic N) is 4. The van der Waals surface area contributed by atoms with Crippen molar-refractivity contribution in [2.75, 3.05) is 43.4 Å². The Morgan fingerprint density at radius 2 is 2.00 bits per heavy atom. The lowest BCUT2D eigenvalue weighted by atomic mass is 10.1. The van der Waals surface area contributed by atoms with Gasteiger partial charge in [-0.1, -0.05) is 23.7 Å². The van der Waals surface area contributed by atoms with E-state index in [1.807, 2.05) is 29.5 Å². The van der Waals surface area contributed by atoms with Crippen molar-refractivity contribution in [2.24, 2.45) is 0 Å². The van der Waals surface area contributed by atoms with Crippen LogP contribution < -0.4 is 10.2 Å². The van der Waals surface area contributed by atoms with E-state index in [-0.39, 0.29) is 16.3 Å². The Morgan fingerprint density at radius 3 is 2.68 bits per heavy atom. The molecule has 0 unspecified atom stereocenters. The number of anilines is 2. The van der Waals surface area contributed by atoms with Crippen LogP contribution in [0.5, 0.6) is 0 Å². The lowest BCUT2D eigenvalue weighted by Crippen LogP contribution is -2.44. The van der Waals surface area contributed by atoms with Gasteiger partial charge in [-0.05, 0) is 25.2 Å². The topological polar surface area (TPSA) is 91.6 Å². The Hall–Kier alpha value is -3.01. The van der Waals surface area contributed by atoms with Crippen molar-refractivity contribution in [3.63, 3.8) is 0 Å². The smallest absolute Gasteiger partial charge is 0.293 e. The first-order valence-electron chi connectivity index (χ1n) is 9.65. The minimum atomic E-state index is -0.505. The van der Waals surface area contributed by atoms with Gasteiger partial charge in [0.1, 0.15) is 10.7 Å². The van der Waals surface area contributed by atoms with Crippen LogP contribution in [0.25, 0.3) is 10.6 Å². The van der Waals surface area contributed by atoms with E-state index in [0.29, 0.717) is 24.5 Å². The predicted octanol–water partition coefficient (Wildman–Crippen LogP) is 4.38. The molecular weight excluding hydrogens is 438 g/mol. The number of rotatable bonds is 5. The van der Waals surface area contributed by atoms with Crippen LogP contribution >= 0.6 is 22.9 Å². The fraction of sp³-hybridized carbons (Fsp3) is 0.238. The number of hydrogen-bond donors (Lipinski definition) is 1. The van der Waals surface area contributed by atoms with E-state index in [0.717, 1.165) is 23.7 Å². The molecule has 2 aromatic carbocycles. The summed E-state index contributed by atoms with van der Waals surface area (Å²) in [6.07, 6.45) is 1.71. The second-order valence-electron chi connectivity index (χ2n) is 7.24. The number of benzene rings is 2. The first-order chi connectivity index (χ1) is 14.9. The third-order valence-electron chi connectivity index (χ3n) is 5.15. The van der Waals surface area contributed by atoms with Crippen molar-refractivity contribution in [3.05, 3.63) is 68.7 Å². The number of hydrogen-bond acceptors (Lipinski definition) is 7. The highest BCUT2D eigenvalue weighted by molar-refractivity contribution is 7.13. The van der Waals surface area contributed by atoms with Gasteiger partial charge in [-0.3, -0.25) is 14.9 Å². The Kier molecular flexibility index (Phi) is 6.17. The van der Waals surface area contributed by atoms with Crippen molar-refractivity contribution in [1.82, 2.24) is 9.88 Å². The van der Waals surface area contributed by atoms with E-state index in [9.17, 15) is 14.9 Å². The van der Waals surface area contributed by atoms with Gasteiger partial charge in [-0.25, -0.2) is 4.98 Å². The fourth-order valence-electron chi connectivity index (χ4n) is 3.47. The standard InChI is InChI=1S/C21H20ClN5O3S/c1-25-6-8-26(9-7-25)18-13-17(22)16(12-19(18)27(29)30)20(28)24-15-4-2-3-14(11-15)21-23-5-10-31-21/h2-5,10-13H,6-9H2,1H3,(H,24,28). The number of nitro benzene ring substituents is 1. The second-order valence-corrected chi connectivity index (χ2v) is 8.54. The highest BCUT2D eigenvalue weighted by atomic mass is 35.5. The molecule has 10 heteroatoms. The van der Waals surface area contributed by atoms with Crippen molar-refractivity contribution in [2.45, 2.75) is 0 Å². The van der Waals surface area contributed by atoms with E-state index in [1.165, 1.54) is 23.5 Å². The Morgan fingerprint density at radius 1 is 1.23 bits per heavy atom. The summed E-state index contributed by atoms with van der Waals surface area (Å²) in [5.41, 5.74) is 1.79. The molecule has 1 aliphatic heterocycles. The summed E-state index contributed by atoms with van der Waals surface area (Å²) in [4.78, 5) is 32.5. The quantitative estimate of drug-likeness (QED) is 0.451. The normalized spacial score (nSPS) is 14.5. The maximum absolute atomic E-state index is 12.9. The number of piperazine rings is 1. The summed E-state index contributed by atoms with van der Waals surface area (Å²) in [5, 5.41) is 17.4. The van der Waals surface area contributed by atoms with Gasteiger partial charge in [0, 0.05) is 55.1 Å². The van der Waals surface area contributed by atoms with Crippen LogP contribution in [0.1, 0.15) is 10.4 Å². The average Bonchev–Trinajstić information content (AvgIpc) is 3.29. The molecule has 1 saturated heterocycles. The number of nitro groups is 1. The van der Waals surface area contributed by atoms with Gasteiger partial charge in [0.15, 0.2) is 0 Å². The lowest BCUT2D eigenvalue weighted by molar-refractivity contribution is -0.384. The molecule has 0 saturated carbocycles. The van der Waals surface area contributed by atoms with E-state index < -0.39 is 10.8 Å². The number of likely N-dealkylation sites (N-methyl/N-ethyl adjacent to an activating group) is 1. The van der Waals surface area contributed by atoms with E-state index in [4.69, 9.17) is 11.6 Å². The number of thiazole rings is 1. The van der Waals surface area contributed by atoms with Crippen LogP contribution in [-0.4, -0.2) is 53.9 Å². The molecule has 0 atom stereocenters. The van der Waals surface area contributed by atoms with Crippen molar-refractivity contribution < 1.29 is 9.72 Å². The molecule has 0 bridgehead atoms. The van der Waals surface area contributed by atoms with Crippen LogP contribution in [0, 0.1) is 10.1 Å². The van der Waals surface area contributed by atoms with E-state index in [2.05, 4.69) is 15.2 Å². The summed E-state index contributed by atoms with van der Waals surface area (Å²) in [5.74, 6) is -0.505. The highest BCUT2D eigenvalue weighted by Crippen LogP contribution is 2.35. The summed E-state index contributed by atoms with van der Waals surface area (Å²) >= 11 is 7.89. The van der Waals surface area contributed by atoms with Crippen LogP contribution in [0.2, 0.25) is 5.02 Å². The number of halogens is 1. The minimum absolute atomic E-state index is 0.0610. The molecule has 0 aliphatic carbocycles. The largest absolute Gasteiger partial charge is 0.363 e. The van der Waals surface area contributed by atoms with Gasteiger partial charge < -0.3 is 15.1 Å². The summed E-state index contributed by atoms with van der Waals surface area (Å²) in [6, 6.07) is 10.0. The SMILES string of the molecule is CN1CCN(c2cc(Cl)c(C(=O)Nc3cccc(-c4nccs4)c3)cc2[N+](=O)[O-])CC1. The monoisotopic (exact) mass is 457 g/mol. The Labute approximate surface area is 188 Å². The number of carbonyl (C=O) groups is 1. The summed E-state index contributed by atoms with van der Waals surface area (Å²) in [6.45, 7) is 2.91. The van der Waals surface area contributed by atoms with Gasteiger partial charge >= 0.3 is 0 Å². The van der Waals surface area contributed by atoms with Gasteiger partial charge in [-0.15, -0.1) is 11.3 Å². The molecule has 1 aliphatic rings. The van der Waals surface area contributed by atoms with Crippen LogP contribution in [-0.2, 0) is 0 Å². The first kappa shape index (κ1) is 21.2. The molecule has 0 radical (unpaired) electrons. The van der Waals surface area contributed by atoms with Crippen LogP contribution in [0.15, 0.2) is 48.0 Å². The molecule has 31 heavy (non-hydrogen) atoms. The molecule has 1 amide bonds. The molecule has 2 heterocycles. The molecule has 1 N–H and O–H groups in total. The fourth-order valence-corrected chi connectivity index (χ4v) is 4.35. The van der Waals surface area contributed by atoms with E-state index in [1.54, 1.807) is 18.3 Å². The highest BCUT2D eigenvalue weighted by Gasteiger charge is 2.26. The summed E-state index contributed by atoms with van der Waals surface area (Å²) < 4.78 is 0.